The van der Waals surface area contributed by atoms with Crippen LogP contribution >= 0.6 is 0 Å². The molecule has 2 aromatic heterocycles. The van der Waals surface area contributed by atoms with Gasteiger partial charge < -0.3 is 10.2 Å². The number of hydrogen-bond acceptors (Lipinski definition) is 6. The van der Waals surface area contributed by atoms with Crippen molar-refractivity contribution in [1.82, 2.24) is 35.1 Å². The van der Waals surface area contributed by atoms with Crippen molar-refractivity contribution in [3.63, 3.8) is 0 Å². The summed E-state index contributed by atoms with van der Waals surface area (Å²) in [7, 11) is 0. The minimum absolute atomic E-state index is 0.0769. The number of benzene rings is 2. The fourth-order valence-electron chi connectivity index (χ4n) is 4.34. The van der Waals surface area contributed by atoms with Gasteiger partial charge in [-0.25, -0.2) is 4.98 Å². The number of pyridine rings is 1. The monoisotopic (exact) mass is 455 g/mol. The van der Waals surface area contributed by atoms with E-state index in [-0.39, 0.29) is 5.91 Å². The third-order valence-electron chi connectivity index (χ3n) is 6.21. The van der Waals surface area contributed by atoms with Crippen molar-refractivity contribution >= 4 is 17.1 Å². The second kappa shape index (κ2) is 10.5. The lowest BCUT2D eigenvalue weighted by molar-refractivity contribution is 0.0947. The van der Waals surface area contributed by atoms with Crippen molar-refractivity contribution in [3.05, 3.63) is 84.1 Å². The van der Waals surface area contributed by atoms with Crippen molar-refractivity contribution in [1.29, 1.82) is 0 Å². The summed E-state index contributed by atoms with van der Waals surface area (Å²) in [6.07, 6.45) is 2.64. The summed E-state index contributed by atoms with van der Waals surface area (Å²) in [6.45, 7) is 6.98. The number of carbonyl (C=O) groups excluding carboxylic acids is 1. The van der Waals surface area contributed by atoms with Crippen LogP contribution in [0.5, 0.6) is 0 Å². The van der Waals surface area contributed by atoms with Crippen LogP contribution in [0.3, 0.4) is 0 Å². The van der Waals surface area contributed by atoms with E-state index in [9.17, 15) is 4.79 Å². The van der Waals surface area contributed by atoms with E-state index in [4.69, 9.17) is 0 Å². The molecule has 1 amide bonds. The smallest absolute Gasteiger partial charge is 0.251 e. The molecule has 0 atom stereocenters. The highest BCUT2D eigenvalue weighted by atomic mass is 16.1. The maximum atomic E-state index is 12.7. The Hall–Kier alpha value is -3.62. The van der Waals surface area contributed by atoms with Gasteiger partial charge in [0.05, 0.1) is 5.69 Å². The van der Waals surface area contributed by atoms with Gasteiger partial charge in [-0.3, -0.25) is 9.69 Å². The standard InChI is InChI=1S/C26H29N7O/c34-26(22-9-4-10-23(19-22)33-25-24(29-30-33)11-5-12-27-25)28-13-6-14-31-15-17-32(18-16-31)20-21-7-2-1-3-8-21/h1-5,7-12,19H,6,13-18,20H2,(H,28,34). The molecule has 0 bridgehead atoms. The van der Waals surface area contributed by atoms with Gasteiger partial charge >= 0.3 is 0 Å². The molecule has 0 unspecified atom stereocenters. The van der Waals surface area contributed by atoms with Crippen molar-refractivity contribution in [2.45, 2.75) is 13.0 Å². The molecular weight excluding hydrogens is 426 g/mol. The molecule has 3 heterocycles. The van der Waals surface area contributed by atoms with Crippen LogP contribution in [0.15, 0.2) is 72.9 Å². The van der Waals surface area contributed by atoms with Crippen LogP contribution in [0.25, 0.3) is 16.9 Å². The summed E-state index contributed by atoms with van der Waals surface area (Å²) in [5.74, 6) is -0.0769. The number of hydrogen-bond donors (Lipinski definition) is 1. The highest BCUT2D eigenvalue weighted by Crippen LogP contribution is 2.15. The van der Waals surface area contributed by atoms with Crippen LogP contribution in [-0.4, -0.2) is 75.0 Å². The highest BCUT2D eigenvalue weighted by molar-refractivity contribution is 5.94. The van der Waals surface area contributed by atoms with E-state index in [1.807, 2.05) is 36.4 Å². The zero-order chi connectivity index (χ0) is 23.2. The lowest BCUT2D eigenvalue weighted by Crippen LogP contribution is -2.46. The summed E-state index contributed by atoms with van der Waals surface area (Å²) in [5, 5.41) is 11.4. The topological polar surface area (TPSA) is 79.2 Å². The third-order valence-corrected chi connectivity index (χ3v) is 6.21. The first-order chi connectivity index (χ1) is 16.8. The van der Waals surface area contributed by atoms with E-state index in [1.54, 1.807) is 10.9 Å². The molecule has 8 nitrogen and oxygen atoms in total. The van der Waals surface area contributed by atoms with Crippen LogP contribution in [0, 0.1) is 0 Å². The predicted octanol–water partition coefficient (Wildman–Crippen LogP) is 2.75. The van der Waals surface area contributed by atoms with Crippen LogP contribution < -0.4 is 5.32 Å². The molecule has 1 aliphatic heterocycles. The van der Waals surface area contributed by atoms with Gasteiger partial charge in [0.1, 0.15) is 5.52 Å². The molecule has 1 N–H and O–H groups in total. The first-order valence-electron chi connectivity index (χ1n) is 11.8. The Morgan fingerprint density at radius 2 is 1.74 bits per heavy atom. The first-order valence-corrected chi connectivity index (χ1v) is 11.8. The molecule has 1 aliphatic rings. The Balaban J connectivity index is 1.07. The molecule has 174 valence electrons. The van der Waals surface area contributed by atoms with Crippen molar-refractivity contribution in [2.24, 2.45) is 0 Å². The average Bonchev–Trinajstić information content (AvgIpc) is 3.32. The lowest BCUT2D eigenvalue weighted by atomic mass is 10.2. The second-order valence-corrected chi connectivity index (χ2v) is 8.61. The minimum Gasteiger partial charge on any atom is -0.352 e. The normalized spacial score (nSPS) is 14.9. The molecule has 2 aromatic carbocycles. The van der Waals surface area contributed by atoms with Gasteiger partial charge in [-0.1, -0.05) is 41.6 Å². The van der Waals surface area contributed by atoms with Gasteiger partial charge in [-0.15, -0.1) is 5.10 Å². The van der Waals surface area contributed by atoms with Gasteiger partial charge in [0, 0.05) is 51.0 Å². The van der Waals surface area contributed by atoms with Crippen LogP contribution in [-0.2, 0) is 6.54 Å². The second-order valence-electron chi connectivity index (χ2n) is 8.61. The van der Waals surface area contributed by atoms with E-state index in [0.717, 1.165) is 56.9 Å². The Bertz CT molecular complexity index is 1230. The fourth-order valence-corrected chi connectivity index (χ4v) is 4.34. The van der Waals surface area contributed by atoms with E-state index in [1.165, 1.54) is 5.56 Å². The molecule has 8 heteroatoms. The van der Waals surface area contributed by atoms with Gasteiger partial charge in [0.15, 0.2) is 5.65 Å². The lowest BCUT2D eigenvalue weighted by Gasteiger charge is -2.34. The number of amides is 1. The summed E-state index contributed by atoms with van der Waals surface area (Å²) < 4.78 is 1.66. The quantitative estimate of drug-likeness (QED) is 0.412. The van der Waals surface area contributed by atoms with Gasteiger partial charge in [-0.05, 0) is 48.9 Å². The molecule has 0 aliphatic carbocycles. The van der Waals surface area contributed by atoms with Crippen LogP contribution in [0.1, 0.15) is 22.3 Å². The molecule has 4 aromatic rings. The number of aromatic nitrogens is 4. The molecule has 1 saturated heterocycles. The average molecular weight is 456 g/mol. The predicted molar refractivity (Wildman–Crippen MR) is 132 cm³/mol. The first kappa shape index (κ1) is 22.2. The van der Waals surface area contributed by atoms with Crippen molar-refractivity contribution in [2.75, 3.05) is 39.3 Å². The number of rotatable bonds is 8. The molecule has 0 saturated carbocycles. The molecule has 5 rings (SSSR count). The number of carbonyl (C=O) groups is 1. The molecule has 34 heavy (non-hydrogen) atoms. The maximum absolute atomic E-state index is 12.7. The van der Waals surface area contributed by atoms with Crippen LogP contribution in [0.4, 0.5) is 0 Å². The molecule has 0 radical (unpaired) electrons. The summed E-state index contributed by atoms with van der Waals surface area (Å²) in [6, 6.07) is 21.7. The number of nitrogens with zero attached hydrogens (tertiary/aromatic N) is 6. The van der Waals surface area contributed by atoms with Crippen molar-refractivity contribution in [3.8, 4) is 5.69 Å². The van der Waals surface area contributed by atoms with E-state index < -0.39 is 0 Å². The summed E-state index contributed by atoms with van der Waals surface area (Å²) in [5.41, 5.74) is 4.13. The number of piperazine rings is 1. The number of fused-ring (bicyclic) bond motifs is 1. The summed E-state index contributed by atoms with van der Waals surface area (Å²) >= 11 is 0. The Morgan fingerprint density at radius 3 is 2.59 bits per heavy atom. The molecule has 0 spiro atoms. The van der Waals surface area contributed by atoms with E-state index >= 15 is 0 Å². The Kier molecular flexibility index (Phi) is 6.88. The van der Waals surface area contributed by atoms with E-state index in [0.29, 0.717) is 17.8 Å². The van der Waals surface area contributed by atoms with Crippen LogP contribution in [0.2, 0.25) is 0 Å². The molecule has 1 fully saturated rings. The summed E-state index contributed by atoms with van der Waals surface area (Å²) in [4.78, 5) is 22.0. The fraction of sp³-hybridized carbons (Fsp3) is 0.308. The zero-order valence-corrected chi connectivity index (χ0v) is 19.2. The highest BCUT2D eigenvalue weighted by Gasteiger charge is 2.17. The van der Waals surface area contributed by atoms with Gasteiger partial charge in [-0.2, -0.15) is 4.68 Å². The Labute approximate surface area is 199 Å². The van der Waals surface area contributed by atoms with Crippen molar-refractivity contribution < 1.29 is 4.79 Å². The number of nitrogens with one attached hydrogen (secondary N) is 1. The third kappa shape index (κ3) is 5.30. The Morgan fingerprint density at radius 1 is 0.912 bits per heavy atom. The van der Waals surface area contributed by atoms with Gasteiger partial charge in [0.25, 0.3) is 5.91 Å². The van der Waals surface area contributed by atoms with Gasteiger partial charge in [0.2, 0.25) is 0 Å². The zero-order valence-electron chi connectivity index (χ0n) is 19.2. The SMILES string of the molecule is O=C(NCCCN1CCN(Cc2ccccc2)CC1)c1cccc(-n2nnc3cccnc32)c1. The van der Waals surface area contributed by atoms with E-state index in [2.05, 4.69) is 60.7 Å². The largest absolute Gasteiger partial charge is 0.352 e. The minimum atomic E-state index is -0.0769. The molecular formula is C26H29N7O. The maximum Gasteiger partial charge on any atom is 0.251 e.